The zero-order valence-corrected chi connectivity index (χ0v) is 12.9. The van der Waals surface area contributed by atoms with Gasteiger partial charge in [0.2, 0.25) is 10.0 Å². The van der Waals surface area contributed by atoms with Crippen LogP contribution in [0.5, 0.6) is 0 Å². The minimum atomic E-state index is -3.20. The second kappa shape index (κ2) is 8.91. The number of carbonyl (C=O) groups is 1. The molecule has 1 amide bonds. The van der Waals surface area contributed by atoms with Gasteiger partial charge in [0.05, 0.1) is 5.75 Å². The molecule has 1 aromatic rings. The first-order valence-corrected chi connectivity index (χ1v) is 7.68. The van der Waals surface area contributed by atoms with E-state index in [0.717, 1.165) is 5.56 Å². The van der Waals surface area contributed by atoms with Crippen molar-refractivity contribution in [1.29, 1.82) is 0 Å². The summed E-state index contributed by atoms with van der Waals surface area (Å²) in [6.45, 7) is 2.62. The predicted octanol–water partition coefficient (Wildman–Crippen LogP) is 0.236. The molecule has 6 nitrogen and oxygen atoms in total. The van der Waals surface area contributed by atoms with E-state index < -0.39 is 10.0 Å². The summed E-state index contributed by atoms with van der Waals surface area (Å²) < 4.78 is 25.0. The van der Waals surface area contributed by atoms with Gasteiger partial charge in [0.25, 0.3) is 5.91 Å². The first kappa shape index (κ1) is 18.9. The van der Waals surface area contributed by atoms with Gasteiger partial charge in [0.15, 0.2) is 0 Å². The number of amides is 1. The highest BCUT2D eigenvalue weighted by Gasteiger charge is 2.07. The highest BCUT2D eigenvalue weighted by molar-refractivity contribution is 7.89. The van der Waals surface area contributed by atoms with E-state index in [-0.39, 0.29) is 30.6 Å². The summed E-state index contributed by atoms with van der Waals surface area (Å²) in [6.07, 6.45) is 0. The Morgan fingerprint density at radius 2 is 1.85 bits per heavy atom. The van der Waals surface area contributed by atoms with Crippen LogP contribution >= 0.6 is 12.4 Å². The van der Waals surface area contributed by atoms with Crippen molar-refractivity contribution >= 4 is 28.3 Å². The number of hydrogen-bond donors (Lipinski definition) is 3. The van der Waals surface area contributed by atoms with Gasteiger partial charge in [-0.15, -0.1) is 12.4 Å². The standard InChI is InChI=1S/C12H19N3O3S.ClH/c1-2-19(17,18)15-9-10-3-5-11(6-4-10)12(16)14-8-7-13;/h3-6,15H,2,7-9,13H2,1H3,(H,14,16);1H. The Morgan fingerprint density at radius 3 is 2.35 bits per heavy atom. The van der Waals surface area contributed by atoms with E-state index >= 15 is 0 Å². The molecular weight excluding hydrogens is 302 g/mol. The highest BCUT2D eigenvalue weighted by Crippen LogP contribution is 2.04. The van der Waals surface area contributed by atoms with Gasteiger partial charge in [0.1, 0.15) is 0 Å². The zero-order valence-electron chi connectivity index (χ0n) is 11.3. The maximum Gasteiger partial charge on any atom is 0.251 e. The first-order chi connectivity index (χ1) is 8.98. The maximum atomic E-state index is 11.6. The van der Waals surface area contributed by atoms with Crippen LogP contribution in [0, 0.1) is 0 Å². The lowest BCUT2D eigenvalue weighted by atomic mass is 10.1. The number of nitrogens with two attached hydrogens (primary N) is 1. The molecule has 114 valence electrons. The summed E-state index contributed by atoms with van der Waals surface area (Å²) in [6, 6.07) is 6.74. The number of hydrogen-bond acceptors (Lipinski definition) is 4. The Labute approximate surface area is 125 Å². The summed E-state index contributed by atoms with van der Waals surface area (Å²) >= 11 is 0. The van der Waals surface area contributed by atoms with Crippen molar-refractivity contribution in [2.75, 3.05) is 18.8 Å². The number of sulfonamides is 1. The smallest absolute Gasteiger partial charge is 0.251 e. The van der Waals surface area contributed by atoms with Crippen molar-refractivity contribution < 1.29 is 13.2 Å². The molecule has 0 unspecified atom stereocenters. The van der Waals surface area contributed by atoms with Crippen LogP contribution in [0.1, 0.15) is 22.8 Å². The van der Waals surface area contributed by atoms with Gasteiger partial charge < -0.3 is 11.1 Å². The third-order valence-electron chi connectivity index (χ3n) is 2.52. The van der Waals surface area contributed by atoms with Crippen LogP contribution in [0.4, 0.5) is 0 Å². The zero-order chi connectivity index (χ0) is 14.3. The number of benzene rings is 1. The third kappa shape index (κ3) is 6.33. The van der Waals surface area contributed by atoms with Crippen LogP contribution in [0.25, 0.3) is 0 Å². The van der Waals surface area contributed by atoms with Gasteiger partial charge in [-0.3, -0.25) is 4.79 Å². The molecule has 0 aromatic heterocycles. The van der Waals surface area contributed by atoms with Gasteiger partial charge in [0, 0.05) is 25.2 Å². The summed E-state index contributed by atoms with van der Waals surface area (Å²) in [5.74, 6) is -0.141. The minimum Gasteiger partial charge on any atom is -0.351 e. The summed E-state index contributed by atoms with van der Waals surface area (Å²) in [5.41, 5.74) is 6.61. The molecule has 20 heavy (non-hydrogen) atoms. The number of rotatable bonds is 7. The van der Waals surface area contributed by atoms with Crippen molar-refractivity contribution in [3.63, 3.8) is 0 Å². The molecule has 0 saturated heterocycles. The summed E-state index contributed by atoms with van der Waals surface area (Å²) in [4.78, 5) is 11.6. The fourth-order valence-electron chi connectivity index (χ4n) is 1.36. The lowest BCUT2D eigenvalue weighted by Gasteiger charge is -2.06. The van der Waals surface area contributed by atoms with Crippen molar-refractivity contribution in [3.05, 3.63) is 35.4 Å². The summed E-state index contributed by atoms with van der Waals surface area (Å²) in [7, 11) is -3.20. The van der Waals surface area contributed by atoms with Gasteiger partial charge in [-0.1, -0.05) is 12.1 Å². The molecule has 0 atom stereocenters. The van der Waals surface area contributed by atoms with Gasteiger partial charge in [-0.2, -0.15) is 0 Å². The summed E-state index contributed by atoms with van der Waals surface area (Å²) in [5, 5.41) is 2.66. The van der Waals surface area contributed by atoms with E-state index in [4.69, 9.17) is 5.73 Å². The molecule has 1 rings (SSSR count). The number of halogens is 1. The third-order valence-corrected chi connectivity index (χ3v) is 3.87. The quantitative estimate of drug-likeness (QED) is 0.669. The molecule has 0 bridgehead atoms. The van der Waals surface area contributed by atoms with Crippen molar-refractivity contribution in [3.8, 4) is 0 Å². The van der Waals surface area contributed by atoms with Crippen LogP contribution in [0.3, 0.4) is 0 Å². The Hall–Kier alpha value is -1.15. The van der Waals surface area contributed by atoms with E-state index in [2.05, 4.69) is 10.0 Å². The van der Waals surface area contributed by atoms with Crippen molar-refractivity contribution in [2.24, 2.45) is 5.73 Å². The lowest BCUT2D eigenvalue weighted by molar-refractivity contribution is 0.0954. The van der Waals surface area contributed by atoms with E-state index in [1.165, 1.54) is 0 Å². The molecular formula is C12H20ClN3O3S. The molecule has 8 heteroatoms. The van der Waals surface area contributed by atoms with Crippen molar-refractivity contribution in [1.82, 2.24) is 10.0 Å². The largest absolute Gasteiger partial charge is 0.351 e. The van der Waals surface area contributed by atoms with Gasteiger partial charge in [-0.25, -0.2) is 13.1 Å². The number of nitrogens with one attached hydrogen (secondary N) is 2. The molecule has 0 aliphatic heterocycles. The molecule has 4 N–H and O–H groups in total. The topological polar surface area (TPSA) is 101 Å². The van der Waals surface area contributed by atoms with Crippen LogP contribution in [0.15, 0.2) is 24.3 Å². The molecule has 0 aliphatic carbocycles. The van der Waals surface area contributed by atoms with Crippen LogP contribution in [-0.4, -0.2) is 33.2 Å². The molecule has 0 spiro atoms. The Bertz CT molecular complexity index is 517. The lowest BCUT2D eigenvalue weighted by Crippen LogP contribution is -2.29. The fourth-order valence-corrected chi connectivity index (χ4v) is 1.95. The molecule has 0 saturated carbocycles. The maximum absolute atomic E-state index is 11.6. The van der Waals surface area contributed by atoms with Gasteiger partial charge >= 0.3 is 0 Å². The Balaban J connectivity index is 0.00000361. The second-order valence-corrected chi connectivity index (χ2v) is 6.06. The van der Waals surface area contributed by atoms with Gasteiger partial charge in [-0.05, 0) is 24.6 Å². The SMILES string of the molecule is CCS(=O)(=O)NCc1ccc(C(=O)NCCN)cc1.Cl. The van der Waals surface area contributed by atoms with E-state index in [1.54, 1.807) is 31.2 Å². The monoisotopic (exact) mass is 321 g/mol. The average Bonchev–Trinajstić information content (AvgIpc) is 2.43. The second-order valence-electron chi connectivity index (χ2n) is 3.97. The minimum absolute atomic E-state index is 0. The van der Waals surface area contributed by atoms with Crippen LogP contribution in [0.2, 0.25) is 0 Å². The Kier molecular flexibility index (Phi) is 8.40. The number of carbonyl (C=O) groups excluding carboxylic acids is 1. The highest BCUT2D eigenvalue weighted by atomic mass is 35.5. The van der Waals surface area contributed by atoms with E-state index in [9.17, 15) is 13.2 Å². The van der Waals surface area contributed by atoms with E-state index in [0.29, 0.717) is 18.7 Å². The fraction of sp³-hybridized carbons (Fsp3) is 0.417. The average molecular weight is 322 g/mol. The molecule has 0 radical (unpaired) electrons. The van der Waals surface area contributed by atoms with E-state index in [1.807, 2.05) is 0 Å². The van der Waals surface area contributed by atoms with Crippen LogP contribution in [-0.2, 0) is 16.6 Å². The van der Waals surface area contributed by atoms with Crippen LogP contribution < -0.4 is 15.8 Å². The normalized spacial score (nSPS) is 10.7. The predicted molar refractivity (Wildman–Crippen MR) is 81.4 cm³/mol. The molecule has 0 heterocycles. The molecule has 0 fully saturated rings. The molecule has 1 aromatic carbocycles. The Morgan fingerprint density at radius 1 is 1.25 bits per heavy atom. The molecule has 0 aliphatic rings. The first-order valence-electron chi connectivity index (χ1n) is 6.03. The van der Waals surface area contributed by atoms with Crippen molar-refractivity contribution in [2.45, 2.75) is 13.5 Å².